The smallest absolute Gasteiger partial charge is 0.125 e. The highest BCUT2D eigenvalue weighted by Crippen LogP contribution is 2.15. The first-order valence-electron chi connectivity index (χ1n) is 5.36. The number of aliphatic hydroxyl groups is 2. The average molecular weight is 225 g/mol. The molecule has 0 aliphatic carbocycles. The second-order valence-electron chi connectivity index (χ2n) is 3.91. The van der Waals surface area contributed by atoms with Crippen molar-refractivity contribution in [3.63, 3.8) is 0 Å². The zero-order valence-corrected chi connectivity index (χ0v) is 9.94. The minimum Gasteiger partial charge on any atom is -0.395 e. The van der Waals surface area contributed by atoms with Crippen LogP contribution in [0.3, 0.4) is 0 Å². The van der Waals surface area contributed by atoms with Crippen LogP contribution in [0.15, 0.2) is 6.20 Å². The summed E-state index contributed by atoms with van der Waals surface area (Å²) in [6, 6.07) is -0.305. The molecule has 0 radical (unpaired) electrons. The first kappa shape index (κ1) is 13.0. The van der Waals surface area contributed by atoms with E-state index < -0.39 is 0 Å². The van der Waals surface area contributed by atoms with Crippen molar-refractivity contribution in [3.05, 3.63) is 23.3 Å². The molecule has 1 rings (SSSR count). The summed E-state index contributed by atoms with van der Waals surface area (Å²) < 4.78 is 0. The molecule has 90 valence electrons. The Labute approximate surface area is 95.6 Å². The summed E-state index contributed by atoms with van der Waals surface area (Å²) in [5, 5.41) is 21.1. The molecular weight excluding hydrogens is 206 g/mol. The van der Waals surface area contributed by atoms with Gasteiger partial charge in [0, 0.05) is 23.5 Å². The van der Waals surface area contributed by atoms with Gasteiger partial charge in [-0.25, -0.2) is 9.97 Å². The minimum atomic E-state index is -0.310. The van der Waals surface area contributed by atoms with Crippen molar-refractivity contribution >= 4 is 0 Å². The third-order valence-electron chi connectivity index (χ3n) is 2.53. The fraction of sp³-hybridized carbons (Fsp3) is 0.636. The summed E-state index contributed by atoms with van der Waals surface area (Å²) in [4.78, 5) is 8.42. The molecule has 0 aliphatic rings. The Bertz CT molecular complexity index is 340. The molecule has 0 aromatic carbocycles. The maximum atomic E-state index is 8.98. The molecular formula is C11H19N3O2. The molecule has 1 atom stereocenters. The lowest BCUT2D eigenvalue weighted by molar-refractivity contribution is 0.163. The van der Waals surface area contributed by atoms with Crippen molar-refractivity contribution in [2.24, 2.45) is 0 Å². The largest absolute Gasteiger partial charge is 0.395 e. The second kappa shape index (κ2) is 5.89. The van der Waals surface area contributed by atoms with Crippen molar-refractivity contribution in [1.82, 2.24) is 15.3 Å². The third-order valence-corrected chi connectivity index (χ3v) is 2.53. The van der Waals surface area contributed by atoms with E-state index in [1.165, 1.54) is 0 Å². The molecule has 1 aromatic heterocycles. The fourth-order valence-corrected chi connectivity index (χ4v) is 1.62. The zero-order chi connectivity index (χ0) is 12.1. The topological polar surface area (TPSA) is 78.3 Å². The van der Waals surface area contributed by atoms with Crippen LogP contribution < -0.4 is 5.32 Å². The van der Waals surface area contributed by atoms with E-state index in [-0.39, 0.29) is 25.3 Å². The van der Waals surface area contributed by atoms with Crippen molar-refractivity contribution in [2.45, 2.75) is 32.9 Å². The molecule has 0 bridgehead atoms. The van der Waals surface area contributed by atoms with Crippen molar-refractivity contribution < 1.29 is 10.2 Å². The molecule has 0 amide bonds. The lowest BCUT2D eigenvalue weighted by Gasteiger charge is -2.21. The van der Waals surface area contributed by atoms with E-state index in [0.717, 1.165) is 17.1 Å². The van der Waals surface area contributed by atoms with Crippen LogP contribution in [0.5, 0.6) is 0 Å². The molecule has 3 N–H and O–H groups in total. The number of aromatic nitrogens is 2. The van der Waals surface area contributed by atoms with Crippen LogP contribution in [-0.4, -0.2) is 39.4 Å². The first-order chi connectivity index (χ1) is 7.58. The van der Waals surface area contributed by atoms with Gasteiger partial charge in [-0.3, -0.25) is 0 Å². The lowest BCUT2D eigenvalue weighted by Crippen LogP contribution is -2.37. The van der Waals surface area contributed by atoms with Crippen molar-refractivity contribution in [1.29, 1.82) is 0 Å². The molecule has 16 heavy (non-hydrogen) atoms. The van der Waals surface area contributed by atoms with Crippen LogP contribution >= 0.6 is 0 Å². The van der Waals surface area contributed by atoms with Gasteiger partial charge in [0.2, 0.25) is 0 Å². The maximum Gasteiger partial charge on any atom is 0.125 e. The van der Waals surface area contributed by atoms with E-state index in [4.69, 9.17) is 10.2 Å². The SMILES string of the molecule is Cc1ncc(C(C)NC(CO)CO)c(C)n1. The molecule has 5 nitrogen and oxygen atoms in total. The van der Waals surface area contributed by atoms with Gasteiger partial charge in [-0.05, 0) is 20.8 Å². The normalized spacial score (nSPS) is 13.1. The number of nitrogens with one attached hydrogen (secondary N) is 1. The van der Waals surface area contributed by atoms with Crippen LogP contribution in [0.25, 0.3) is 0 Å². The van der Waals surface area contributed by atoms with E-state index in [9.17, 15) is 0 Å². The third kappa shape index (κ3) is 3.23. The fourth-order valence-electron chi connectivity index (χ4n) is 1.62. The zero-order valence-electron chi connectivity index (χ0n) is 9.94. The summed E-state index contributed by atoms with van der Waals surface area (Å²) in [6.07, 6.45) is 1.78. The highest BCUT2D eigenvalue weighted by atomic mass is 16.3. The predicted octanol–water partition coefficient (Wildman–Crippen LogP) is 0.0972. The molecule has 0 fully saturated rings. The first-order valence-corrected chi connectivity index (χ1v) is 5.36. The summed E-state index contributed by atoms with van der Waals surface area (Å²) in [5.74, 6) is 0.745. The van der Waals surface area contributed by atoms with Gasteiger partial charge in [0.1, 0.15) is 5.82 Å². The van der Waals surface area contributed by atoms with E-state index >= 15 is 0 Å². The Morgan fingerprint density at radius 3 is 2.44 bits per heavy atom. The molecule has 1 aromatic rings. The Morgan fingerprint density at radius 2 is 1.94 bits per heavy atom. The number of nitrogens with zero attached hydrogens (tertiary/aromatic N) is 2. The van der Waals surface area contributed by atoms with Crippen LogP contribution in [-0.2, 0) is 0 Å². The molecule has 1 heterocycles. The van der Waals surface area contributed by atoms with Gasteiger partial charge in [-0.15, -0.1) is 0 Å². The van der Waals surface area contributed by atoms with Crippen LogP contribution in [0.1, 0.15) is 30.0 Å². The second-order valence-corrected chi connectivity index (χ2v) is 3.91. The van der Waals surface area contributed by atoms with E-state index in [0.29, 0.717) is 0 Å². The van der Waals surface area contributed by atoms with Crippen molar-refractivity contribution in [2.75, 3.05) is 13.2 Å². The van der Waals surface area contributed by atoms with E-state index in [1.54, 1.807) is 6.20 Å². The van der Waals surface area contributed by atoms with Crippen LogP contribution in [0, 0.1) is 13.8 Å². The number of hydrogen-bond donors (Lipinski definition) is 3. The molecule has 0 aliphatic heterocycles. The van der Waals surface area contributed by atoms with Gasteiger partial charge in [-0.1, -0.05) is 0 Å². The highest BCUT2D eigenvalue weighted by molar-refractivity contribution is 5.19. The predicted molar refractivity (Wildman–Crippen MR) is 61.0 cm³/mol. The molecule has 0 spiro atoms. The Hall–Kier alpha value is -1.04. The molecule has 0 saturated heterocycles. The Morgan fingerprint density at radius 1 is 1.31 bits per heavy atom. The number of aliphatic hydroxyl groups excluding tert-OH is 2. The van der Waals surface area contributed by atoms with E-state index in [1.807, 2.05) is 20.8 Å². The van der Waals surface area contributed by atoms with Gasteiger partial charge in [-0.2, -0.15) is 0 Å². The standard InChI is InChI=1S/C11H19N3O2/c1-7-11(4-12-9(3)13-7)8(2)14-10(5-15)6-16/h4,8,10,14-16H,5-6H2,1-3H3. The van der Waals surface area contributed by atoms with Crippen LogP contribution in [0.2, 0.25) is 0 Å². The van der Waals surface area contributed by atoms with Crippen LogP contribution in [0.4, 0.5) is 0 Å². The number of aryl methyl sites for hydroxylation is 2. The van der Waals surface area contributed by atoms with Gasteiger partial charge in [0.15, 0.2) is 0 Å². The number of rotatable bonds is 5. The lowest BCUT2D eigenvalue weighted by atomic mass is 10.1. The van der Waals surface area contributed by atoms with Gasteiger partial charge in [0.05, 0.1) is 19.3 Å². The summed E-state index contributed by atoms with van der Waals surface area (Å²) in [7, 11) is 0. The Balaban J connectivity index is 2.76. The molecule has 5 heteroatoms. The van der Waals surface area contributed by atoms with Crippen molar-refractivity contribution in [3.8, 4) is 0 Å². The van der Waals surface area contributed by atoms with E-state index in [2.05, 4.69) is 15.3 Å². The molecule has 0 saturated carbocycles. The average Bonchev–Trinajstić information content (AvgIpc) is 2.25. The monoisotopic (exact) mass is 225 g/mol. The highest BCUT2D eigenvalue weighted by Gasteiger charge is 2.14. The molecule has 1 unspecified atom stereocenters. The number of hydrogen-bond acceptors (Lipinski definition) is 5. The van der Waals surface area contributed by atoms with Gasteiger partial charge in [0.25, 0.3) is 0 Å². The van der Waals surface area contributed by atoms with Gasteiger partial charge >= 0.3 is 0 Å². The minimum absolute atomic E-state index is 0.00454. The summed E-state index contributed by atoms with van der Waals surface area (Å²) in [5.41, 5.74) is 1.90. The Kier molecular flexibility index (Phi) is 4.79. The van der Waals surface area contributed by atoms with Gasteiger partial charge < -0.3 is 15.5 Å². The quantitative estimate of drug-likeness (QED) is 0.662. The summed E-state index contributed by atoms with van der Waals surface area (Å²) >= 11 is 0. The maximum absolute atomic E-state index is 8.98. The summed E-state index contributed by atoms with van der Waals surface area (Å²) in [6.45, 7) is 5.55.